The van der Waals surface area contributed by atoms with Crippen LogP contribution in [0.3, 0.4) is 0 Å². The van der Waals surface area contributed by atoms with E-state index in [-0.39, 0.29) is 11.2 Å². The Kier molecular flexibility index (Phi) is 2.92. The molecule has 2 N–H and O–H groups in total. The van der Waals surface area contributed by atoms with Crippen molar-refractivity contribution >= 4 is 40.9 Å². The first-order chi connectivity index (χ1) is 9.06. The highest BCUT2D eigenvalue weighted by atomic mass is 32.2. The minimum atomic E-state index is -1.54. The van der Waals surface area contributed by atoms with Gasteiger partial charge in [-0.05, 0) is 18.5 Å². The number of amides is 1. The van der Waals surface area contributed by atoms with Gasteiger partial charge in [-0.2, -0.15) is 0 Å². The van der Waals surface area contributed by atoms with Crippen LogP contribution >= 0.6 is 11.8 Å². The lowest BCUT2D eigenvalue weighted by molar-refractivity contribution is -0.116. The summed E-state index contributed by atoms with van der Waals surface area (Å²) in [5, 5.41) is 18.8. The van der Waals surface area contributed by atoms with Gasteiger partial charge >= 0.3 is 7.12 Å². The maximum atomic E-state index is 11.5. The van der Waals surface area contributed by atoms with E-state index in [1.54, 1.807) is 35.9 Å². The Bertz CT molecular complexity index is 698. The Hall–Kier alpha value is -1.64. The van der Waals surface area contributed by atoms with Crippen molar-refractivity contribution in [1.82, 2.24) is 9.38 Å². The number of imidazole rings is 1. The van der Waals surface area contributed by atoms with Crippen molar-refractivity contribution in [3.8, 4) is 0 Å². The van der Waals surface area contributed by atoms with Gasteiger partial charge in [-0.15, -0.1) is 0 Å². The minimum absolute atomic E-state index is 0.159. The normalized spacial score (nSPS) is 19.0. The largest absolute Gasteiger partial charge is 0.489 e. The summed E-state index contributed by atoms with van der Waals surface area (Å²) >= 11 is 1.38. The first-order valence-corrected chi connectivity index (χ1v) is 6.57. The molecule has 0 radical (unpaired) electrons. The van der Waals surface area contributed by atoms with Crippen molar-refractivity contribution in [2.45, 2.75) is 12.2 Å². The number of nitrogens with zero attached hydrogens (tertiary/aromatic N) is 3. The molecule has 0 bridgehead atoms. The van der Waals surface area contributed by atoms with E-state index in [9.17, 15) is 14.8 Å². The van der Waals surface area contributed by atoms with Gasteiger partial charge in [-0.3, -0.25) is 9.20 Å². The van der Waals surface area contributed by atoms with Crippen LogP contribution in [-0.4, -0.2) is 42.8 Å². The van der Waals surface area contributed by atoms with E-state index in [0.29, 0.717) is 21.8 Å². The molecule has 0 saturated heterocycles. The second-order valence-corrected chi connectivity index (χ2v) is 5.55. The first-order valence-electron chi connectivity index (χ1n) is 5.69. The monoisotopic (exact) mass is 275 g/mol. The van der Waals surface area contributed by atoms with Gasteiger partial charge in [0.05, 0.1) is 17.1 Å². The lowest BCUT2D eigenvalue weighted by atomic mass is 9.82. The molecule has 6 nitrogen and oxygen atoms in total. The number of aliphatic imine (C=N–C) groups is 1. The highest BCUT2D eigenvalue weighted by Crippen LogP contribution is 2.26. The molecule has 0 aromatic carbocycles. The first kappa shape index (κ1) is 12.4. The second kappa shape index (κ2) is 4.48. The third-order valence-electron chi connectivity index (χ3n) is 2.89. The van der Waals surface area contributed by atoms with Crippen molar-refractivity contribution in [3.63, 3.8) is 0 Å². The minimum Gasteiger partial charge on any atom is -0.423 e. The van der Waals surface area contributed by atoms with Gasteiger partial charge in [0.2, 0.25) is 0 Å². The highest BCUT2D eigenvalue weighted by Gasteiger charge is 2.27. The van der Waals surface area contributed by atoms with E-state index in [2.05, 4.69) is 9.98 Å². The van der Waals surface area contributed by atoms with Crippen LogP contribution in [0.2, 0.25) is 0 Å². The van der Waals surface area contributed by atoms with Gasteiger partial charge in [0.1, 0.15) is 10.7 Å². The van der Waals surface area contributed by atoms with Crippen LogP contribution in [0, 0.1) is 0 Å². The summed E-state index contributed by atoms with van der Waals surface area (Å²) in [7, 11) is -1.54. The van der Waals surface area contributed by atoms with E-state index in [0.717, 1.165) is 0 Å². The van der Waals surface area contributed by atoms with Crippen LogP contribution in [-0.2, 0) is 4.79 Å². The number of rotatable bonds is 2. The Morgan fingerprint density at radius 3 is 2.84 bits per heavy atom. The summed E-state index contributed by atoms with van der Waals surface area (Å²) in [6, 6.07) is 3.28. The molecule has 1 aliphatic heterocycles. The molecule has 1 atom stereocenters. The number of carbonyl (C=O) groups is 1. The molecule has 2 aromatic rings. The van der Waals surface area contributed by atoms with E-state index in [1.807, 2.05) is 0 Å². The Morgan fingerprint density at radius 2 is 2.21 bits per heavy atom. The molecular formula is C11H10BN3O3S. The predicted molar refractivity (Wildman–Crippen MR) is 73.6 cm³/mol. The molecule has 0 spiro atoms. The molecular weight excluding hydrogens is 265 g/mol. The summed E-state index contributed by atoms with van der Waals surface area (Å²) in [6.07, 6.45) is 3.21. The summed E-state index contributed by atoms with van der Waals surface area (Å²) in [4.78, 5) is 19.7. The molecule has 0 aliphatic carbocycles. The number of hydrogen-bond donors (Lipinski definition) is 2. The molecule has 1 unspecified atom stereocenters. The Balaban J connectivity index is 2.12. The molecule has 3 rings (SSSR count). The lowest BCUT2D eigenvalue weighted by Gasteiger charge is -2.04. The van der Waals surface area contributed by atoms with E-state index < -0.39 is 7.12 Å². The van der Waals surface area contributed by atoms with Crippen LogP contribution < -0.4 is 5.46 Å². The Labute approximate surface area is 113 Å². The van der Waals surface area contributed by atoms with E-state index in [1.165, 1.54) is 11.8 Å². The summed E-state index contributed by atoms with van der Waals surface area (Å²) in [6.45, 7) is 1.80. The molecule has 8 heteroatoms. The highest BCUT2D eigenvalue weighted by molar-refractivity contribution is 8.16. The molecule has 1 amide bonds. The maximum absolute atomic E-state index is 11.5. The molecule has 0 saturated carbocycles. The van der Waals surface area contributed by atoms with E-state index in [4.69, 9.17) is 0 Å². The molecule has 3 heterocycles. The van der Waals surface area contributed by atoms with E-state index >= 15 is 0 Å². The summed E-state index contributed by atoms with van der Waals surface area (Å²) in [5.41, 5.74) is 1.70. The van der Waals surface area contributed by atoms with Gasteiger partial charge in [0, 0.05) is 6.20 Å². The van der Waals surface area contributed by atoms with Crippen molar-refractivity contribution in [1.29, 1.82) is 0 Å². The molecule has 19 heavy (non-hydrogen) atoms. The molecule has 2 aromatic heterocycles. The van der Waals surface area contributed by atoms with Gasteiger partial charge in [0.15, 0.2) is 0 Å². The fourth-order valence-corrected chi connectivity index (χ4v) is 2.76. The fraction of sp³-hybridized carbons (Fsp3) is 0.182. The average Bonchev–Trinajstić information content (AvgIpc) is 2.93. The summed E-state index contributed by atoms with van der Waals surface area (Å²) in [5.74, 6) is -0.159. The predicted octanol–water partition coefficient (Wildman–Crippen LogP) is -0.577. The van der Waals surface area contributed by atoms with Gasteiger partial charge in [0.25, 0.3) is 5.91 Å². The van der Waals surface area contributed by atoms with Crippen LogP contribution in [0.5, 0.6) is 0 Å². The van der Waals surface area contributed by atoms with Crippen molar-refractivity contribution in [3.05, 3.63) is 30.2 Å². The number of carbonyl (C=O) groups excluding carboxylic acids is 1. The number of pyridine rings is 1. The second-order valence-electron chi connectivity index (χ2n) is 4.22. The lowest BCUT2D eigenvalue weighted by Crippen LogP contribution is -2.30. The van der Waals surface area contributed by atoms with Crippen molar-refractivity contribution < 1.29 is 14.8 Å². The number of hydrogen-bond acceptors (Lipinski definition) is 5. The zero-order valence-electron chi connectivity index (χ0n) is 10.0. The smallest absolute Gasteiger partial charge is 0.423 e. The quantitative estimate of drug-likeness (QED) is 0.716. The van der Waals surface area contributed by atoms with Crippen LogP contribution in [0.25, 0.3) is 5.65 Å². The molecule has 0 fully saturated rings. The maximum Gasteiger partial charge on any atom is 0.489 e. The van der Waals surface area contributed by atoms with Crippen LogP contribution in [0.4, 0.5) is 0 Å². The van der Waals surface area contributed by atoms with Gasteiger partial charge in [-0.25, -0.2) is 9.98 Å². The summed E-state index contributed by atoms with van der Waals surface area (Å²) < 4.78 is 1.70. The van der Waals surface area contributed by atoms with Gasteiger partial charge in [-0.1, -0.05) is 17.8 Å². The van der Waals surface area contributed by atoms with Crippen molar-refractivity contribution in [2.75, 3.05) is 0 Å². The zero-order valence-corrected chi connectivity index (χ0v) is 10.8. The van der Waals surface area contributed by atoms with Crippen LogP contribution in [0.1, 0.15) is 12.6 Å². The SMILES string of the molecule is CC1SC(c2cnc3ccc(B(O)O)cn23)=NC1=O. The number of thioether (sulfide) groups is 1. The molecule has 1 aliphatic rings. The third-order valence-corrected chi connectivity index (χ3v) is 3.97. The van der Waals surface area contributed by atoms with Crippen LogP contribution in [0.15, 0.2) is 29.5 Å². The fourth-order valence-electron chi connectivity index (χ4n) is 1.86. The van der Waals surface area contributed by atoms with Crippen molar-refractivity contribution in [2.24, 2.45) is 4.99 Å². The average molecular weight is 275 g/mol. The Morgan fingerprint density at radius 1 is 1.42 bits per heavy atom. The topological polar surface area (TPSA) is 87.2 Å². The number of aromatic nitrogens is 2. The zero-order chi connectivity index (χ0) is 13.6. The standard InChI is InChI=1S/C11H10BN3O3S/c1-6-10(16)14-11(19-6)8-4-13-9-3-2-7(12(17)18)5-15(8)9/h2-6,17-18H,1H3. The van der Waals surface area contributed by atoms with Gasteiger partial charge < -0.3 is 10.0 Å². The molecule has 96 valence electrons. The number of fused-ring (bicyclic) bond motifs is 1. The third kappa shape index (κ3) is 2.07.